The van der Waals surface area contributed by atoms with Gasteiger partial charge < -0.3 is 19.5 Å². The molecular formula is C18H27NO4. The Hall–Kier alpha value is -1.69. The summed E-state index contributed by atoms with van der Waals surface area (Å²) in [4.78, 5) is 13.1. The number of hydrogen-bond acceptors (Lipinski definition) is 4. The number of hydrogen-bond donors (Lipinski definition) is 1. The van der Waals surface area contributed by atoms with Crippen molar-refractivity contribution in [3.8, 4) is 0 Å². The summed E-state index contributed by atoms with van der Waals surface area (Å²) >= 11 is 0. The summed E-state index contributed by atoms with van der Waals surface area (Å²) in [6.07, 6.45) is 1.43. The van der Waals surface area contributed by atoms with Crippen LogP contribution < -0.4 is 0 Å². The maximum absolute atomic E-state index is 11.6. The van der Waals surface area contributed by atoms with Crippen molar-refractivity contribution >= 4 is 5.91 Å². The lowest BCUT2D eigenvalue weighted by atomic mass is 10.1. The molecule has 128 valence electrons. The molecule has 1 aromatic carbocycles. The summed E-state index contributed by atoms with van der Waals surface area (Å²) in [5.41, 5.74) is 1.10. The Morgan fingerprint density at radius 3 is 2.65 bits per heavy atom. The van der Waals surface area contributed by atoms with Crippen LogP contribution in [0.4, 0.5) is 0 Å². The summed E-state index contributed by atoms with van der Waals surface area (Å²) in [6.45, 7) is 4.53. The van der Waals surface area contributed by atoms with Crippen molar-refractivity contribution in [2.75, 3.05) is 27.3 Å². The number of aliphatic hydroxyl groups is 1. The summed E-state index contributed by atoms with van der Waals surface area (Å²) in [7, 11) is 3.34. The number of ether oxygens (including phenoxy) is 2. The number of aliphatic hydroxyl groups excluding tert-OH is 1. The SMILES string of the molecule is C=CC[C@@H](O)[C@H](CCOCc1ccccc1)OCC(=O)N(C)C. The van der Waals surface area contributed by atoms with Crippen LogP contribution in [-0.4, -0.2) is 55.4 Å². The van der Waals surface area contributed by atoms with E-state index in [1.54, 1.807) is 20.2 Å². The Bertz CT molecular complexity index is 461. The zero-order valence-electron chi connectivity index (χ0n) is 14.0. The van der Waals surface area contributed by atoms with Crippen molar-refractivity contribution in [1.29, 1.82) is 0 Å². The van der Waals surface area contributed by atoms with E-state index in [2.05, 4.69) is 6.58 Å². The summed E-state index contributed by atoms with van der Waals surface area (Å²) in [5.74, 6) is -0.133. The van der Waals surface area contributed by atoms with E-state index in [-0.39, 0.29) is 12.5 Å². The van der Waals surface area contributed by atoms with Crippen LogP contribution in [0.5, 0.6) is 0 Å². The molecule has 1 aromatic rings. The molecule has 1 rings (SSSR count). The lowest BCUT2D eigenvalue weighted by Gasteiger charge is -2.23. The fraction of sp³-hybridized carbons (Fsp3) is 0.500. The molecule has 0 aliphatic carbocycles. The zero-order chi connectivity index (χ0) is 17.1. The topological polar surface area (TPSA) is 59.0 Å². The van der Waals surface area contributed by atoms with E-state index in [1.165, 1.54) is 4.90 Å². The number of amides is 1. The molecule has 5 nitrogen and oxygen atoms in total. The van der Waals surface area contributed by atoms with Gasteiger partial charge >= 0.3 is 0 Å². The van der Waals surface area contributed by atoms with Gasteiger partial charge in [-0.3, -0.25) is 4.79 Å². The maximum Gasteiger partial charge on any atom is 0.248 e. The van der Waals surface area contributed by atoms with Crippen LogP contribution >= 0.6 is 0 Å². The zero-order valence-corrected chi connectivity index (χ0v) is 14.0. The fourth-order valence-electron chi connectivity index (χ4n) is 1.98. The molecule has 1 amide bonds. The molecule has 0 saturated heterocycles. The van der Waals surface area contributed by atoms with Crippen molar-refractivity contribution in [2.45, 2.75) is 31.7 Å². The first kappa shape index (κ1) is 19.4. The third-order valence-corrected chi connectivity index (χ3v) is 3.42. The Balaban J connectivity index is 2.39. The van der Waals surface area contributed by atoms with E-state index >= 15 is 0 Å². The van der Waals surface area contributed by atoms with Gasteiger partial charge in [0.1, 0.15) is 6.61 Å². The van der Waals surface area contributed by atoms with E-state index in [9.17, 15) is 9.90 Å². The second kappa shape index (κ2) is 10.9. The van der Waals surface area contributed by atoms with Crippen molar-refractivity contribution < 1.29 is 19.4 Å². The van der Waals surface area contributed by atoms with Gasteiger partial charge in [-0.15, -0.1) is 6.58 Å². The van der Waals surface area contributed by atoms with Crippen LogP contribution in [0.3, 0.4) is 0 Å². The number of carbonyl (C=O) groups is 1. The predicted molar refractivity (Wildman–Crippen MR) is 90.0 cm³/mol. The predicted octanol–water partition coefficient (Wildman–Crippen LogP) is 2.00. The van der Waals surface area contributed by atoms with E-state index in [0.717, 1.165) is 5.56 Å². The molecule has 0 aliphatic rings. The number of likely N-dealkylation sites (N-methyl/N-ethyl adjacent to an activating group) is 1. The largest absolute Gasteiger partial charge is 0.390 e. The third kappa shape index (κ3) is 7.93. The normalized spacial score (nSPS) is 13.3. The van der Waals surface area contributed by atoms with Crippen LogP contribution in [0, 0.1) is 0 Å². The Morgan fingerprint density at radius 2 is 2.04 bits per heavy atom. The van der Waals surface area contributed by atoms with Crippen molar-refractivity contribution in [3.05, 3.63) is 48.6 Å². The van der Waals surface area contributed by atoms with E-state index < -0.39 is 12.2 Å². The first-order chi connectivity index (χ1) is 11.0. The molecule has 0 bridgehead atoms. The molecule has 2 atom stereocenters. The molecule has 1 N–H and O–H groups in total. The molecule has 0 aromatic heterocycles. The Kier molecular flexibility index (Phi) is 9.21. The highest BCUT2D eigenvalue weighted by Gasteiger charge is 2.20. The van der Waals surface area contributed by atoms with E-state index in [1.807, 2.05) is 30.3 Å². The molecule has 0 aliphatic heterocycles. The van der Waals surface area contributed by atoms with E-state index in [0.29, 0.717) is 26.1 Å². The smallest absolute Gasteiger partial charge is 0.248 e. The minimum Gasteiger partial charge on any atom is -0.390 e. The highest BCUT2D eigenvalue weighted by Crippen LogP contribution is 2.11. The average molecular weight is 321 g/mol. The van der Waals surface area contributed by atoms with Gasteiger partial charge in [-0.25, -0.2) is 0 Å². The van der Waals surface area contributed by atoms with Gasteiger partial charge in [0.25, 0.3) is 0 Å². The van der Waals surface area contributed by atoms with Gasteiger partial charge in [-0.2, -0.15) is 0 Å². The number of rotatable bonds is 11. The lowest BCUT2D eigenvalue weighted by Crippen LogP contribution is -2.35. The summed E-state index contributed by atoms with van der Waals surface area (Å²) < 4.78 is 11.2. The Morgan fingerprint density at radius 1 is 1.35 bits per heavy atom. The molecule has 0 saturated carbocycles. The molecule has 0 spiro atoms. The van der Waals surface area contributed by atoms with Crippen LogP contribution in [-0.2, 0) is 20.9 Å². The number of nitrogens with zero attached hydrogens (tertiary/aromatic N) is 1. The molecule has 0 radical (unpaired) electrons. The van der Waals surface area contributed by atoms with Gasteiger partial charge in [0.15, 0.2) is 0 Å². The van der Waals surface area contributed by atoms with Gasteiger partial charge in [0.2, 0.25) is 5.91 Å². The highest BCUT2D eigenvalue weighted by atomic mass is 16.5. The fourth-order valence-corrected chi connectivity index (χ4v) is 1.98. The maximum atomic E-state index is 11.6. The summed E-state index contributed by atoms with van der Waals surface area (Å²) in [6, 6.07) is 9.88. The van der Waals surface area contributed by atoms with Crippen LogP contribution in [0.2, 0.25) is 0 Å². The first-order valence-electron chi connectivity index (χ1n) is 7.77. The standard InChI is InChI=1S/C18H27NO4/c1-4-8-16(20)17(23-14-18(21)19(2)3)11-12-22-13-15-9-6-5-7-10-15/h4-7,9-10,16-17,20H,1,8,11-14H2,2-3H3/t16-,17+/m1/s1. The van der Waals surface area contributed by atoms with Gasteiger partial charge in [-0.05, 0) is 18.4 Å². The molecular weight excluding hydrogens is 294 g/mol. The monoisotopic (exact) mass is 321 g/mol. The van der Waals surface area contributed by atoms with Crippen LogP contribution in [0.25, 0.3) is 0 Å². The second-order valence-electron chi connectivity index (χ2n) is 5.56. The molecule has 0 fully saturated rings. The Labute approximate surface area is 138 Å². The molecule has 23 heavy (non-hydrogen) atoms. The van der Waals surface area contributed by atoms with Gasteiger partial charge in [0.05, 0.1) is 18.8 Å². The van der Waals surface area contributed by atoms with Gasteiger partial charge in [-0.1, -0.05) is 36.4 Å². The quantitative estimate of drug-likeness (QED) is 0.500. The second-order valence-corrected chi connectivity index (χ2v) is 5.56. The number of benzene rings is 1. The number of carbonyl (C=O) groups excluding carboxylic acids is 1. The van der Waals surface area contributed by atoms with Gasteiger partial charge in [0, 0.05) is 20.7 Å². The lowest BCUT2D eigenvalue weighted by molar-refractivity contribution is -0.139. The molecule has 5 heteroatoms. The highest BCUT2D eigenvalue weighted by molar-refractivity contribution is 5.76. The molecule has 0 unspecified atom stereocenters. The summed E-state index contributed by atoms with van der Waals surface area (Å²) in [5, 5.41) is 10.1. The minimum atomic E-state index is -0.692. The minimum absolute atomic E-state index is 0.0510. The van der Waals surface area contributed by atoms with Crippen LogP contribution in [0.1, 0.15) is 18.4 Å². The van der Waals surface area contributed by atoms with Crippen molar-refractivity contribution in [3.63, 3.8) is 0 Å². The van der Waals surface area contributed by atoms with Crippen LogP contribution in [0.15, 0.2) is 43.0 Å². The van der Waals surface area contributed by atoms with E-state index in [4.69, 9.17) is 9.47 Å². The average Bonchev–Trinajstić information content (AvgIpc) is 2.54. The third-order valence-electron chi connectivity index (χ3n) is 3.42. The van der Waals surface area contributed by atoms with Crippen molar-refractivity contribution in [1.82, 2.24) is 4.90 Å². The van der Waals surface area contributed by atoms with Crippen molar-refractivity contribution in [2.24, 2.45) is 0 Å². The first-order valence-corrected chi connectivity index (χ1v) is 7.77. The molecule has 0 heterocycles.